The van der Waals surface area contributed by atoms with Crippen molar-refractivity contribution in [3.05, 3.63) is 43.7 Å². The Labute approximate surface area is 118 Å². The molecule has 0 aliphatic heterocycles. The SMILES string of the molecule is O=Cc1ccc(-c2c(Br)cc(Cl)c(F)c2Br)o1. The highest BCUT2D eigenvalue weighted by molar-refractivity contribution is 9.11. The summed E-state index contributed by atoms with van der Waals surface area (Å²) < 4.78 is 19.6. The molecule has 17 heavy (non-hydrogen) atoms. The van der Waals surface area contributed by atoms with Gasteiger partial charge in [-0.25, -0.2) is 4.39 Å². The predicted octanol–water partition coefficient (Wildman–Crippen LogP) is 5.08. The summed E-state index contributed by atoms with van der Waals surface area (Å²) in [6.07, 6.45) is 0.581. The van der Waals surface area contributed by atoms with Crippen molar-refractivity contribution in [3.8, 4) is 11.3 Å². The van der Waals surface area contributed by atoms with Crippen molar-refractivity contribution >= 4 is 49.7 Å². The van der Waals surface area contributed by atoms with Crippen molar-refractivity contribution in [3.63, 3.8) is 0 Å². The maximum Gasteiger partial charge on any atom is 0.185 e. The number of hydrogen-bond donors (Lipinski definition) is 0. The molecule has 0 spiro atoms. The van der Waals surface area contributed by atoms with Crippen LogP contribution in [0.25, 0.3) is 11.3 Å². The number of rotatable bonds is 2. The average Bonchev–Trinajstić information content (AvgIpc) is 2.74. The second kappa shape index (κ2) is 4.92. The molecule has 0 fully saturated rings. The van der Waals surface area contributed by atoms with Crippen LogP contribution in [-0.4, -0.2) is 6.29 Å². The Bertz CT molecular complexity index is 595. The fourth-order valence-corrected chi connectivity index (χ4v) is 3.30. The van der Waals surface area contributed by atoms with E-state index in [9.17, 15) is 9.18 Å². The van der Waals surface area contributed by atoms with Crippen molar-refractivity contribution in [2.45, 2.75) is 0 Å². The van der Waals surface area contributed by atoms with Gasteiger partial charge in [0.25, 0.3) is 0 Å². The third-order valence-corrected chi connectivity index (χ3v) is 3.75. The highest BCUT2D eigenvalue weighted by atomic mass is 79.9. The van der Waals surface area contributed by atoms with Gasteiger partial charge in [-0.1, -0.05) is 11.6 Å². The number of hydrogen-bond acceptors (Lipinski definition) is 2. The average molecular weight is 382 g/mol. The van der Waals surface area contributed by atoms with E-state index in [0.29, 0.717) is 22.1 Å². The first kappa shape index (κ1) is 12.8. The molecule has 1 heterocycles. The predicted molar refractivity (Wildman–Crippen MR) is 69.9 cm³/mol. The number of halogens is 4. The molecule has 2 nitrogen and oxygen atoms in total. The molecule has 0 aliphatic carbocycles. The molecule has 0 saturated heterocycles. The van der Waals surface area contributed by atoms with Crippen LogP contribution in [0.5, 0.6) is 0 Å². The second-order valence-electron chi connectivity index (χ2n) is 3.16. The van der Waals surface area contributed by atoms with Gasteiger partial charge in [-0.05, 0) is 50.1 Å². The zero-order valence-electron chi connectivity index (χ0n) is 8.14. The van der Waals surface area contributed by atoms with Crippen LogP contribution >= 0.6 is 43.5 Å². The van der Waals surface area contributed by atoms with Gasteiger partial charge < -0.3 is 4.42 Å². The lowest BCUT2D eigenvalue weighted by atomic mass is 10.2. The molecule has 6 heteroatoms. The van der Waals surface area contributed by atoms with E-state index < -0.39 is 5.82 Å². The first-order chi connectivity index (χ1) is 8.04. The Kier molecular flexibility index (Phi) is 3.70. The molecule has 0 unspecified atom stereocenters. The van der Waals surface area contributed by atoms with E-state index in [1.165, 1.54) is 12.1 Å². The van der Waals surface area contributed by atoms with E-state index in [2.05, 4.69) is 31.9 Å². The maximum absolute atomic E-state index is 13.6. The first-order valence-corrected chi connectivity index (χ1v) is 6.39. The molecule has 0 N–H and O–H groups in total. The van der Waals surface area contributed by atoms with Gasteiger partial charge in [0, 0.05) is 10.0 Å². The van der Waals surface area contributed by atoms with Crippen LogP contribution in [0, 0.1) is 5.82 Å². The number of benzene rings is 1. The summed E-state index contributed by atoms with van der Waals surface area (Å²) >= 11 is 12.1. The zero-order valence-corrected chi connectivity index (χ0v) is 12.1. The fourth-order valence-electron chi connectivity index (χ4n) is 1.34. The minimum atomic E-state index is -0.575. The van der Waals surface area contributed by atoms with Crippen LogP contribution in [-0.2, 0) is 0 Å². The molecule has 0 radical (unpaired) electrons. The lowest BCUT2D eigenvalue weighted by molar-refractivity contribution is 0.110. The first-order valence-electron chi connectivity index (χ1n) is 4.43. The monoisotopic (exact) mass is 380 g/mol. The molecular weight excluding hydrogens is 378 g/mol. The smallest absolute Gasteiger partial charge is 0.185 e. The molecule has 1 aromatic heterocycles. The van der Waals surface area contributed by atoms with Gasteiger partial charge in [-0.2, -0.15) is 0 Å². The molecule has 88 valence electrons. The summed E-state index contributed by atoms with van der Waals surface area (Å²) in [6, 6.07) is 4.52. The Balaban J connectivity index is 2.66. The van der Waals surface area contributed by atoms with Crippen LogP contribution in [0.4, 0.5) is 4.39 Å². The second-order valence-corrected chi connectivity index (χ2v) is 5.22. The lowest BCUT2D eigenvalue weighted by Crippen LogP contribution is -1.87. The maximum atomic E-state index is 13.6. The third kappa shape index (κ3) is 2.32. The Morgan fingerprint density at radius 2 is 2.06 bits per heavy atom. The van der Waals surface area contributed by atoms with Crippen LogP contribution in [0.15, 0.2) is 31.6 Å². The summed E-state index contributed by atoms with van der Waals surface area (Å²) in [6.45, 7) is 0. The normalized spacial score (nSPS) is 10.6. The molecule has 0 saturated carbocycles. The zero-order chi connectivity index (χ0) is 12.6. The topological polar surface area (TPSA) is 30.2 Å². The highest BCUT2D eigenvalue weighted by Gasteiger charge is 2.18. The minimum Gasteiger partial charge on any atom is -0.453 e. The summed E-state index contributed by atoms with van der Waals surface area (Å²) in [5.41, 5.74) is 0.472. The van der Waals surface area contributed by atoms with Crippen molar-refractivity contribution < 1.29 is 13.6 Å². The fraction of sp³-hybridized carbons (Fsp3) is 0. The van der Waals surface area contributed by atoms with E-state index in [1.807, 2.05) is 0 Å². The Morgan fingerprint density at radius 1 is 1.35 bits per heavy atom. The third-order valence-electron chi connectivity index (χ3n) is 2.10. The summed E-state index contributed by atoms with van der Waals surface area (Å²) in [7, 11) is 0. The van der Waals surface area contributed by atoms with Crippen LogP contribution < -0.4 is 0 Å². The molecule has 0 aliphatic rings. The lowest BCUT2D eigenvalue weighted by Gasteiger charge is -2.07. The van der Waals surface area contributed by atoms with Gasteiger partial charge in [-0.15, -0.1) is 0 Å². The minimum absolute atomic E-state index is 0.00494. The van der Waals surface area contributed by atoms with Crippen molar-refractivity contribution in [2.24, 2.45) is 0 Å². The summed E-state index contributed by atoms with van der Waals surface area (Å²) in [5.74, 6) is -0.0236. The standard InChI is InChI=1S/C11H4Br2ClFO2/c12-6-3-7(14)11(15)10(13)9(6)8-2-1-5(4-16)17-8/h1-4H. The van der Waals surface area contributed by atoms with Crippen LogP contribution in [0.1, 0.15) is 10.6 Å². The van der Waals surface area contributed by atoms with E-state index in [-0.39, 0.29) is 15.3 Å². The van der Waals surface area contributed by atoms with E-state index in [1.54, 1.807) is 6.07 Å². The van der Waals surface area contributed by atoms with Crippen molar-refractivity contribution in [1.82, 2.24) is 0 Å². The van der Waals surface area contributed by atoms with E-state index >= 15 is 0 Å². The van der Waals surface area contributed by atoms with Gasteiger partial charge in [-0.3, -0.25) is 4.79 Å². The van der Waals surface area contributed by atoms with Gasteiger partial charge in [0.05, 0.1) is 9.50 Å². The molecule has 0 atom stereocenters. The highest BCUT2D eigenvalue weighted by Crippen LogP contribution is 2.40. The van der Waals surface area contributed by atoms with E-state index in [0.717, 1.165) is 0 Å². The molecule has 0 amide bonds. The molecule has 2 rings (SSSR count). The Hall–Kier alpha value is -0.650. The van der Waals surface area contributed by atoms with Gasteiger partial charge in [0.1, 0.15) is 5.76 Å². The number of carbonyl (C=O) groups excluding carboxylic acids is 1. The molecule has 2 aromatic rings. The molecule has 0 bridgehead atoms. The van der Waals surface area contributed by atoms with Crippen LogP contribution in [0.3, 0.4) is 0 Å². The van der Waals surface area contributed by atoms with Gasteiger partial charge in [0.15, 0.2) is 17.9 Å². The van der Waals surface area contributed by atoms with Crippen molar-refractivity contribution in [1.29, 1.82) is 0 Å². The number of furan rings is 1. The van der Waals surface area contributed by atoms with Gasteiger partial charge in [0.2, 0.25) is 0 Å². The molecular formula is C11H4Br2ClFO2. The van der Waals surface area contributed by atoms with Gasteiger partial charge >= 0.3 is 0 Å². The number of aldehydes is 1. The van der Waals surface area contributed by atoms with Crippen LogP contribution in [0.2, 0.25) is 5.02 Å². The Morgan fingerprint density at radius 3 is 2.65 bits per heavy atom. The quantitative estimate of drug-likeness (QED) is 0.412. The molecule has 1 aromatic carbocycles. The summed E-state index contributed by atoms with van der Waals surface area (Å²) in [4.78, 5) is 10.5. The largest absolute Gasteiger partial charge is 0.453 e. The summed E-state index contributed by atoms with van der Waals surface area (Å²) in [5, 5.41) is -0.00494. The number of carbonyl (C=O) groups is 1. The van der Waals surface area contributed by atoms with Crippen molar-refractivity contribution in [2.75, 3.05) is 0 Å². The van der Waals surface area contributed by atoms with E-state index in [4.69, 9.17) is 16.0 Å².